The van der Waals surface area contributed by atoms with Gasteiger partial charge in [0, 0.05) is 17.7 Å². The van der Waals surface area contributed by atoms with Crippen molar-refractivity contribution in [2.75, 3.05) is 20.2 Å². The van der Waals surface area contributed by atoms with Crippen molar-refractivity contribution >= 4 is 17.6 Å². The van der Waals surface area contributed by atoms with Crippen LogP contribution in [0.1, 0.15) is 12.5 Å². The zero-order valence-corrected chi connectivity index (χ0v) is 19.7. The number of aromatic nitrogens is 2. The van der Waals surface area contributed by atoms with Crippen LogP contribution in [0.15, 0.2) is 77.3 Å². The van der Waals surface area contributed by atoms with E-state index in [-0.39, 0.29) is 12.5 Å². The molecule has 3 aromatic carbocycles. The lowest BCUT2D eigenvalue weighted by molar-refractivity contribution is -0.144. The number of hydrogen-bond donors (Lipinski definition) is 0. The molecule has 4 rings (SSSR count). The number of halogens is 1. The van der Waals surface area contributed by atoms with E-state index in [1.807, 2.05) is 84.7 Å². The van der Waals surface area contributed by atoms with Gasteiger partial charge >= 0.3 is 5.97 Å². The van der Waals surface area contributed by atoms with E-state index in [1.54, 1.807) is 6.92 Å². The molecule has 0 aliphatic carbocycles. The third kappa shape index (κ3) is 6.01. The Kier molecular flexibility index (Phi) is 7.57. The van der Waals surface area contributed by atoms with Gasteiger partial charge in [0.05, 0.1) is 18.2 Å². The van der Waals surface area contributed by atoms with Crippen LogP contribution >= 0.6 is 11.6 Å². The van der Waals surface area contributed by atoms with Crippen LogP contribution in [0.5, 0.6) is 11.5 Å². The van der Waals surface area contributed by atoms with E-state index in [0.717, 1.165) is 16.9 Å². The molecule has 7 nitrogen and oxygen atoms in total. The van der Waals surface area contributed by atoms with Gasteiger partial charge in [0.2, 0.25) is 5.82 Å². The van der Waals surface area contributed by atoms with Gasteiger partial charge in [-0.1, -0.05) is 41.0 Å². The summed E-state index contributed by atoms with van der Waals surface area (Å²) in [5.41, 5.74) is 2.39. The van der Waals surface area contributed by atoms with Crippen molar-refractivity contribution in [2.45, 2.75) is 13.5 Å². The first-order valence-corrected chi connectivity index (χ1v) is 11.2. The number of rotatable bonds is 9. The number of carbonyl (C=O) groups is 1. The molecule has 0 bridgehead atoms. The third-order valence-electron chi connectivity index (χ3n) is 4.94. The number of esters is 1. The molecule has 1 heterocycles. The fourth-order valence-electron chi connectivity index (χ4n) is 3.37. The molecule has 0 radical (unpaired) electrons. The second-order valence-corrected chi connectivity index (χ2v) is 8.06. The zero-order valence-electron chi connectivity index (χ0n) is 18.9. The smallest absolute Gasteiger partial charge is 0.320 e. The van der Waals surface area contributed by atoms with Crippen LogP contribution in [0.3, 0.4) is 0 Å². The number of ether oxygens (including phenoxy) is 2. The summed E-state index contributed by atoms with van der Waals surface area (Å²) >= 11 is 6.51. The van der Waals surface area contributed by atoms with Crippen LogP contribution < -0.4 is 4.74 Å². The first-order chi connectivity index (χ1) is 16.5. The Morgan fingerprint density at radius 2 is 1.76 bits per heavy atom. The minimum atomic E-state index is -0.258. The first kappa shape index (κ1) is 23.5. The molecule has 1 aromatic heterocycles. The maximum atomic E-state index is 11.6. The molecule has 0 unspecified atom stereocenters. The van der Waals surface area contributed by atoms with Gasteiger partial charge in [0.1, 0.15) is 11.5 Å². The van der Waals surface area contributed by atoms with Crippen LogP contribution in [-0.2, 0) is 16.1 Å². The predicted octanol–water partition coefficient (Wildman–Crippen LogP) is 5.84. The lowest BCUT2D eigenvalue weighted by Gasteiger charge is -2.16. The second-order valence-electron chi connectivity index (χ2n) is 7.65. The number of benzene rings is 3. The predicted molar refractivity (Wildman–Crippen MR) is 130 cm³/mol. The van der Waals surface area contributed by atoms with Gasteiger partial charge in [-0.15, -0.1) is 0 Å². The molecule has 0 saturated heterocycles. The summed E-state index contributed by atoms with van der Waals surface area (Å²) in [4.78, 5) is 18.0. The summed E-state index contributed by atoms with van der Waals surface area (Å²) in [5.74, 6) is 2.00. The Morgan fingerprint density at radius 3 is 2.47 bits per heavy atom. The number of likely N-dealkylation sites (N-methyl/N-ethyl adjacent to an activating group) is 1. The molecule has 4 aromatic rings. The third-order valence-corrected chi connectivity index (χ3v) is 5.25. The highest BCUT2D eigenvalue weighted by molar-refractivity contribution is 6.33. The van der Waals surface area contributed by atoms with Crippen LogP contribution in [0.4, 0.5) is 0 Å². The standard InChI is InChI=1S/C26H24ClN3O4/c1-3-32-24(31)17-30(2)16-18-9-14-22(23(27)15-18)25-28-26(34-29-25)19-10-12-21(13-11-19)33-20-7-5-4-6-8-20/h4-15H,3,16-17H2,1-2H3. The molecule has 0 aliphatic heterocycles. The number of para-hydroxylation sites is 1. The molecule has 0 aliphatic rings. The van der Waals surface area contributed by atoms with Crippen LogP contribution in [0, 0.1) is 0 Å². The molecule has 0 spiro atoms. The summed E-state index contributed by atoms with van der Waals surface area (Å²) in [6.45, 7) is 2.91. The van der Waals surface area contributed by atoms with Crippen LogP contribution in [-0.4, -0.2) is 41.2 Å². The topological polar surface area (TPSA) is 77.7 Å². The van der Waals surface area contributed by atoms with Gasteiger partial charge < -0.3 is 14.0 Å². The van der Waals surface area contributed by atoms with E-state index in [1.165, 1.54) is 0 Å². The average molecular weight is 478 g/mol. The molecule has 8 heteroatoms. The lowest BCUT2D eigenvalue weighted by atomic mass is 10.1. The Bertz CT molecular complexity index is 1240. The summed E-state index contributed by atoms with van der Waals surface area (Å²) in [6.07, 6.45) is 0. The molecule has 0 amide bonds. The SMILES string of the molecule is CCOC(=O)CN(C)Cc1ccc(-c2noc(-c3ccc(Oc4ccccc4)cc3)n2)c(Cl)c1. The van der Waals surface area contributed by atoms with Crippen molar-refractivity contribution in [1.82, 2.24) is 15.0 Å². The van der Waals surface area contributed by atoms with Gasteiger partial charge in [0.25, 0.3) is 5.89 Å². The van der Waals surface area contributed by atoms with Gasteiger partial charge in [-0.25, -0.2) is 0 Å². The minimum absolute atomic E-state index is 0.205. The van der Waals surface area contributed by atoms with E-state index in [0.29, 0.717) is 41.2 Å². The van der Waals surface area contributed by atoms with Crippen LogP contribution in [0.25, 0.3) is 22.8 Å². The first-order valence-electron chi connectivity index (χ1n) is 10.8. The normalized spacial score (nSPS) is 10.9. The summed E-state index contributed by atoms with van der Waals surface area (Å²) in [6, 6.07) is 22.6. The van der Waals surface area contributed by atoms with E-state index < -0.39 is 0 Å². The number of hydrogen-bond acceptors (Lipinski definition) is 7. The van der Waals surface area contributed by atoms with E-state index >= 15 is 0 Å². The Hall–Kier alpha value is -3.68. The van der Waals surface area contributed by atoms with Gasteiger partial charge in [0.15, 0.2) is 0 Å². The molecular formula is C26H24ClN3O4. The van der Waals surface area contributed by atoms with Crippen molar-refractivity contribution in [3.05, 3.63) is 83.4 Å². The maximum Gasteiger partial charge on any atom is 0.320 e. The summed E-state index contributed by atoms with van der Waals surface area (Å²) < 4.78 is 16.3. The minimum Gasteiger partial charge on any atom is -0.465 e. The molecule has 0 fully saturated rings. The quantitative estimate of drug-likeness (QED) is 0.280. The van der Waals surface area contributed by atoms with Crippen molar-refractivity contribution in [2.24, 2.45) is 0 Å². The van der Waals surface area contributed by atoms with E-state index in [4.69, 9.17) is 25.6 Å². The van der Waals surface area contributed by atoms with Gasteiger partial charge in [-0.3, -0.25) is 9.69 Å². The van der Waals surface area contributed by atoms with Crippen molar-refractivity contribution in [3.63, 3.8) is 0 Å². The average Bonchev–Trinajstić information content (AvgIpc) is 3.30. The highest BCUT2D eigenvalue weighted by Gasteiger charge is 2.15. The zero-order chi connectivity index (χ0) is 23.9. The highest BCUT2D eigenvalue weighted by atomic mass is 35.5. The fourth-order valence-corrected chi connectivity index (χ4v) is 3.66. The molecule has 174 valence electrons. The van der Waals surface area contributed by atoms with Crippen molar-refractivity contribution in [1.29, 1.82) is 0 Å². The lowest BCUT2D eigenvalue weighted by Crippen LogP contribution is -2.27. The largest absolute Gasteiger partial charge is 0.465 e. The Labute approximate surface area is 202 Å². The second kappa shape index (κ2) is 11.0. The highest BCUT2D eigenvalue weighted by Crippen LogP contribution is 2.30. The van der Waals surface area contributed by atoms with E-state index in [9.17, 15) is 4.79 Å². The van der Waals surface area contributed by atoms with Crippen LogP contribution in [0.2, 0.25) is 5.02 Å². The fraction of sp³-hybridized carbons (Fsp3) is 0.192. The van der Waals surface area contributed by atoms with Gasteiger partial charge in [-0.05, 0) is 68.1 Å². The van der Waals surface area contributed by atoms with Crippen molar-refractivity contribution < 1.29 is 18.8 Å². The molecule has 0 saturated carbocycles. The summed E-state index contributed by atoms with van der Waals surface area (Å²) in [7, 11) is 1.85. The maximum absolute atomic E-state index is 11.6. The Balaban J connectivity index is 1.43. The number of carbonyl (C=O) groups excluding carboxylic acids is 1. The Morgan fingerprint density at radius 1 is 1.03 bits per heavy atom. The number of nitrogens with zero attached hydrogens (tertiary/aromatic N) is 3. The molecule has 0 N–H and O–H groups in total. The van der Waals surface area contributed by atoms with E-state index in [2.05, 4.69) is 10.1 Å². The van der Waals surface area contributed by atoms with Gasteiger partial charge in [-0.2, -0.15) is 4.98 Å². The summed E-state index contributed by atoms with van der Waals surface area (Å²) in [5, 5.41) is 4.59. The molecular weight excluding hydrogens is 454 g/mol. The molecule has 0 atom stereocenters. The monoisotopic (exact) mass is 477 g/mol. The van der Waals surface area contributed by atoms with Crippen molar-refractivity contribution in [3.8, 4) is 34.3 Å². The molecule has 34 heavy (non-hydrogen) atoms.